The maximum absolute atomic E-state index is 13.7. The van der Waals surface area contributed by atoms with Crippen LogP contribution in [0.5, 0.6) is 0 Å². The van der Waals surface area contributed by atoms with Crippen LogP contribution in [0.25, 0.3) is 0 Å². The summed E-state index contributed by atoms with van der Waals surface area (Å²) in [7, 11) is 0. The van der Waals surface area contributed by atoms with Crippen molar-refractivity contribution >= 4 is 23.8 Å². The molecule has 0 fully saturated rings. The molecule has 0 radical (unpaired) electrons. The molecule has 372 valence electrons. The van der Waals surface area contributed by atoms with Gasteiger partial charge in [0, 0.05) is 46.6 Å². The first-order chi connectivity index (χ1) is 30.4. The largest absolute Gasteiger partial charge is 2.00 e. The van der Waals surface area contributed by atoms with Gasteiger partial charge in [0.15, 0.2) is 0 Å². The number of unbranched alkanes of at least 4 members (excludes halogenated alkanes) is 4. The second-order valence-electron chi connectivity index (χ2n) is 22.0. The molecule has 2 aromatic rings. The molecule has 9 nitrogen and oxygen atoms in total. The number of benzene rings is 2. The van der Waals surface area contributed by atoms with Gasteiger partial charge in [-0.05, 0) is 129 Å². The fourth-order valence-corrected chi connectivity index (χ4v) is 7.86. The number of aliphatic carboxylic acids is 2. The molecule has 1 heterocycles. The smallest absolute Gasteiger partial charge is 0.550 e. The van der Waals surface area contributed by atoms with Crippen LogP contribution in [0, 0.1) is 24.7 Å². The van der Waals surface area contributed by atoms with E-state index in [4.69, 9.17) is 0 Å². The van der Waals surface area contributed by atoms with Gasteiger partial charge in [0.2, 0.25) is 0 Å². The molecule has 0 spiro atoms. The van der Waals surface area contributed by atoms with Crippen LogP contribution in [0.15, 0.2) is 59.2 Å². The zero-order valence-corrected chi connectivity index (χ0v) is 46.6. The van der Waals surface area contributed by atoms with Gasteiger partial charge in [0.1, 0.15) is 0 Å². The molecule has 0 bridgehead atoms. The molecule has 1 aliphatic rings. The van der Waals surface area contributed by atoms with Crippen molar-refractivity contribution in [1.82, 2.24) is 16.0 Å². The summed E-state index contributed by atoms with van der Waals surface area (Å²) in [4.78, 5) is 47.5. The Kier molecular flexibility index (Phi) is 28.1. The topological polar surface area (TPSA) is 150 Å². The van der Waals surface area contributed by atoms with E-state index in [0.717, 1.165) is 94.7 Å². The SMILES string of the molecule is CC(C)(C)CCCCCC(=O)[O-].CC(C)(C)CCCCCC(=O)[O-].CC(NC(=O)c1c(C(C)C)cc(C)cc1C(C)C)=C1C=CCC(=C(C)NC(=O)c2c(C(C)C)cc(C)cc2C(C)C)N1.[Ti+2]. The Morgan fingerprint density at radius 1 is 0.567 bits per heavy atom. The Morgan fingerprint density at radius 3 is 1.19 bits per heavy atom. The Bertz CT molecular complexity index is 1930. The van der Waals surface area contributed by atoms with Crippen LogP contribution in [-0.4, -0.2) is 23.8 Å². The molecule has 10 heteroatoms. The average molecular weight is 960 g/mol. The van der Waals surface area contributed by atoms with Crippen LogP contribution in [0.2, 0.25) is 0 Å². The molecule has 3 N–H and O–H groups in total. The van der Waals surface area contributed by atoms with Crippen molar-refractivity contribution in [2.45, 2.75) is 219 Å². The summed E-state index contributed by atoms with van der Waals surface area (Å²) in [5, 5.41) is 29.9. The van der Waals surface area contributed by atoms with Crippen LogP contribution in [0.4, 0.5) is 0 Å². The minimum absolute atomic E-state index is 0. The first-order valence-electron chi connectivity index (χ1n) is 24.6. The normalized spacial score (nSPS) is 14.1. The molecular formula is C57H89N3O6Ti. The molecular weight excluding hydrogens is 871 g/mol. The van der Waals surface area contributed by atoms with Gasteiger partial charge in [-0.3, -0.25) is 9.59 Å². The first-order valence-corrected chi connectivity index (χ1v) is 24.6. The molecule has 0 saturated carbocycles. The van der Waals surface area contributed by atoms with Gasteiger partial charge in [0.25, 0.3) is 11.8 Å². The Hall–Kier alpha value is -3.95. The van der Waals surface area contributed by atoms with E-state index in [2.05, 4.69) is 157 Å². The number of hydrogen-bond donors (Lipinski definition) is 3. The van der Waals surface area contributed by atoms with Gasteiger partial charge in [0.05, 0.1) is 5.70 Å². The number of carbonyl (C=O) groups excluding carboxylic acids is 4. The molecule has 67 heavy (non-hydrogen) atoms. The predicted octanol–water partition coefficient (Wildman–Crippen LogP) is 12.4. The number of amides is 2. The first kappa shape index (κ1) is 63.1. The second-order valence-corrected chi connectivity index (χ2v) is 22.0. The summed E-state index contributed by atoms with van der Waals surface area (Å²) in [5.74, 6) is -1.11. The fraction of sp³-hybridized carbons (Fsp3) is 0.614. The maximum atomic E-state index is 13.7. The number of carbonyl (C=O) groups is 4. The molecule has 0 unspecified atom stereocenters. The second kappa shape index (κ2) is 29.8. The molecule has 2 amide bonds. The van der Waals surface area contributed by atoms with Gasteiger partial charge >= 0.3 is 21.7 Å². The number of allylic oxidation sites excluding steroid dienone is 4. The number of aryl methyl sites for hydroxylation is 2. The third-order valence-corrected chi connectivity index (χ3v) is 11.6. The standard InChI is InChI=1S/C37H51N3O2.2C10H20O2.Ti/c1-20(2)28-16-24(9)17-29(21(3)4)34(28)36(41)38-26(11)32-14-13-15-33(40-32)27(12)39-37(42)35-30(22(5)6)18-25(10)19-31(35)23(7)8;2*1-10(2,3)8-6-4-5-7-9(11)12;/h13-14,16-23,40H,15H2,1-12H3,(H,38,41)(H,39,42);2*4-8H2,1-3H3,(H,11,12);/q;;;+2/p-2. The van der Waals surface area contributed by atoms with Gasteiger partial charge in [-0.15, -0.1) is 0 Å². The van der Waals surface area contributed by atoms with Gasteiger partial charge in [-0.25, -0.2) is 0 Å². The van der Waals surface area contributed by atoms with Crippen molar-refractivity contribution in [3.05, 3.63) is 104 Å². The van der Waals surface area contributed by atoms with Crippen molar-refractivity contribution in [2.75, 3.05) is 0 Å². The van der Waals surface area contributed by atoms with E-state index >= 15 is 0 Å². The van der Waals surface area contributed by atoms with Crippen molar-refractivity contribution in [3.8, 4) is 0 Å². The number of carboxylic acid groups (broad SMARTS) is 2. The van der Waals surface area contributed by atoms with Crippen LogP contribution in [-0.2, 0) is 31.3 Å². The Balaban J connectivity index is 0.00000143. The molecule has 0 atom stereocenters. The monoisotopic (exact) mass is 960 g/mol. The zero-order chi connectivity index (χ0) is 50.7. The molecule has 0 saturated heterocycles. The third kappa shape index (κ3) is 24.3. The molecule has 1 aliphatic heterocycles. The van der Waals surface area contributed by atoms with Gasteiger partial charge in [-0.2, -0.15) is 0 Å². The van der Waals surface area contributed by atoms with Crippen molar-refractivity contribution in [2.24, 2.45) is 10.8 Å². The predicted molar refractivity (Wildman–Crippen MR) is 271 cm³/mol. The number of carboxylic acids is 2. The van der Waals surface area contributed by atoms with Crippen molar-refractivity contribution < 1.29 is 51.1 Å². The Labute approximate surface area is 422 Å². The summed E-state index contributed by atoms with van der Waals surface area (Å²) < 4.78 is 0. The van der Waals surface area contributed by atoms with E-state index in [9.17, 15) is 29.4 Å². The van der Waals surface area contributed by atoms with Crippen LogP contribution < -0.4 is 26.2 Å². The summed E-state index contributed by atoms with van der Waals surface area (Å²) in [6.07, 6.45) is 13.2. The molecule has 3 rings (SSSR count). The van der Waals surface area contributed by atoms with E-state index in [1.807, 2.05) is 19.9 Å². The van der Waals surface area contributed by atoms with E-state index in [-0.39, 0.29) is 70.0 Å². The fourth-order valence-electron chi connectivity index (χ4n) is 7.86. The average Bonchev–Trinajstić information content (AvgIpc) is 3.19. The zero-order valence-electron chi connectivity index (χ0n) is 45.0. The van der Waals surface area contributed by atoms with Crippen LogP contribution in [0.1, 0.15) is 259 Å². The quantitative estimate of drug-likeness (QED) is 0.0994. The summed E-state index contributed by atoms with van der Waals surface area (Å²) in [6, 6.07) is 8.52. The number of rotatable bonds is 18. The summed E-state index contributed by atoms with van der Waals surface area (Å²) in [6.45, 7) is 38.3. The van der Waals surface area contributed by atoms with Crippen LogP contribution >= 0.6 is 0 Å². The van der Waals surface area contributed by atoms with Crippen LogP contribution in [0.3, 0.4) is 0 Å². The van der Waals surface area contributed by atoms with E-state index in [0.29, 0.717) is 17.3 Å². The Morgan fingerprint density at radius 2 is 0.896 bits per heavy atom. The van der Waals surface area contributed by atoms with E-state index in [1.54, 1.807) is 0 Å². The molecule has 2 aromatic carbocycles. The maximum Gasteiger partial charge on any atom is 2.00 e. The van der Waals surface area contributed by atoms with Crippen molar-refractivity contribution in [1.29, 1.82) is 0 Å². The number of hydrogen-bond acceptors (Lipinski definition) is 7. The minimum atomic E-state index is -0.925. The summed E-state index contributed by atoms with van der Waals surface area (Å²) in [5.41, 5.74) is 12.1. The number of nitrogens with one attached hydrogen (secondary N) is 3. The van der Waals surface area contributed by atoms with Gasteiger partial charge < -0.3 is 35.8 Å². The van der Waals surface area contributed by atoms with E-state index < -0.39 is 11.9 Å². The van der Waals surface area contributed by atoms with Crippen molar-refractivity contribution in [3.63, 3.8) is 0 Å². The molecule has 0 aromatic heterocycles. The summed E-state index contributed by atoms with van der Waals surface area (Å²) >= 11 is 0. The van der Waals surface area contributed by atoms with Gasteiger partial charge in [-0.1, -0.05) is 164 Å². The van der Waals surface area contributed by atoms with E-state index in [1.165, 1.54) is 24.0 Å². The minimum Gasteiger partial charge on any atom is -0.550 e. The third-order valence-electron chi connectivity index (χ3n) is 11.6. The molecule has 0 aliphatic carbocycles.